The Balaban J connectivity index is 1.71. The van der Waals surface area contributed by atoms with E-state index in [1.807, 2.05) is 6.92 Å². The molecule has 25 heavy (non-hydrogen) atoms. The second-order valence-electron chi connectivity index (χ2n) is 6.81. The lowest BCUT2D eigenvalue weighted by Gasteiger charge is -2.29. The fraction of sp³-hybridized carbons (Fsp3) is 0.667. The zero-order chi connectivity index (χ0) is 18.4. The molecule has 3 rings (SSSR count). The Hall–Kier alpha value is -1.94. The summed E-state index contributed by atoms with van der Waals surface area (Å²) in [6, 6.07) is 0. The molecule has 0 unspecified atom stereocenters. The van der Waals surface area contributed by atoms with Gasteiger partial charge in [-0.15, -0.1) is 0 Å². The molecule has 2 aliphatic heterocycles. The first-order valence-electron chi connectivity index (χ1n) is 8.29. The molecule has 0 saturated carbocycles. The topological polar surface area (TPSA) is 113 Å². The largest absolute Gasteiger partial charge is 0.311 e. The van der Waals surface area contributed by atoms with E-state index in [4.69, 9.17) is 0 Å². The Labute approximate surface area is 146 Å². The van der Waals surface area contributed by atoms with Gasteiger partial charge < -0.3 is 10.6 Å². The zero-order valence-corrected chi connectivity index (χ0v) is 15.4. The fourth-order valence-electron chi connectivity index (χ4n) is 3.48. The van der Waals surface area contributed by atoms with E-state index in [0.717, 1.165) is 5.56 Å². The SMILES string of the molecule is C[C@H]1CC(=O)Nc2c1c(NC(=O)C1CCN(S(C)(=O)=O)CC1)nn2C. The minimum Gasteiger partial charge on any atom is -0.311 e. The Morgan fingerprint density at radius 2 is 1.96 bits per heavy atom. The minimum atomic E-state index is -3.21. The molecule has 0 radical (unpaired) electrons. The lowest BCUT2D eigenvalue weighted by atomic mass is 9.94. The highest BCUT2D eigenvalue weighted by Gasteiger charge is 2.32. The molecule has 1 fully saturated rings. The molecule has 2 amide bonds. The monoisotopic (exact) mass is 369 g/mol. The highest BCUT2D eigenvalue weighted by molar-refractivity contribution is 7.88. The van der Waals surface area contributed by atoms with Gasteiger partial charge in [-0.2, -0.15) is 5.10 Å². The highest BCUT2D eigenvalue weighted by Crippen LogP contribution is 2.37. The summed E-state index contributed by atoms with van der Waals surface area (Å²) >= 11 is 0. The molecule has 2 aliphatic rings. The molecule has 1 aromatic heterocycles. The summed E-state index contributed by atoms with van der Waals surface area (Å²) in [5.74, 6) is 0.600. The number of anilines is 2. The number of amides is 2. The molecular formula is C15H23N5O4S. The van der Waals surface area contributed by atoms with Crippen LogP contribution >= 0.6 is 0 Å². The highest BCUT2D eigenvalue weighted by atomic mass is 32.2. The summed E-state index contributed by atoms with van der Waals surface area (Å²) < 4.78 is 26.1. The molecule has 0 bridgehead atoms. The van der Waals surface area contributed by atoms with Crippen LogP contribution in [0.5, 0.6) is 0 Å². The van der Waals surface area contributed by atoms with E-state index in [0.29, 0.717) is 44.0 Å². The molecule has 1 saturated heterocycles. The summed E-state index contributed by atoms with van der Waals surface area (Å²) in [5, 5.41) is 9.99. The van der Waals surface area contributed by atoms with E-state index in [2.05, 4.69) is 15.7 Å². The lowest BCUT2D eigenvalue weighted by molar-refractivity contribution is -0.121. The lowest BCUT2D eigenvalue weighted by Crippen LogP contribution is -2.41. The normalized spacial score (nSPS) is 22.4. The van der Waals surface area contributed by atoms with Gasteiger partial charge in [0.1, 0.15) is 5.82 Å². The van der Waals surface area contributed by atoms with E-state index in [1.54, 1.807) is 11.7 Å². The Morgan fingerprint density at radius 1 is 1.32 bits per heavy atom. The number of nitrogens with one attached hydrogen (secondary N) is 2. The summed E-state index contributed by atoms with van der Waals surface area (Å²) in [4.78, 5) is 24.3. The number of aromatic nitrogens is 2. The van der Waals surface area contributed by atoms with Gasteiger partial charge in [-0.3, -0.25) is 14.3 Å². The maximum atomic E-state index is 12.6. The van der Waals surface area contributed by atoms with Crippen LogP contribution in [0.2, 0.25) is 0 Å². The van der Waals surface area contributed by atoms with Crippen LogP contribution < -0.4 is 10.6 Å². The van der Waals surface area contributed by atoms with E-state index in [9.17, 15) is 18.0 Å². The van der Waals surface area contributed by atoms with Crippen LogP contribution in [0, 0.1) is 5.92 Å². The summed E-state index contributed by atoms with van der Waals surface area (Å²) in [6.07, 6.45) is 2.51. The van der Waals surface area contributed by atoms with Crippen LogP contribution in [0.25, 0.3) is 0 Å². The first kappa shape index (κ1) is 17.9. The van der Waals surface area contributed by atoms with Crippen molar-refractivity contribution >= 4 is 33.5 Å². The number of rotatable bonds is 3. The molecule has 138 valence electrons. The van der Waals surface area contributed by atoms with Crippen molar-refractivity contribution < 1.29 is 18.0 Å². The van der Waals surface area contributed by atoms with Crippen molar-refractivity contribution in [1.29, 1.82) is 0 Å². The number of aryl methyl sites for hydroxylation is 1. The van der Waals surface area contributed by atoms with E-state index in [-0.39, 0.29) is 23.7 Å². The fourth-order valence-corrected chi connectivity index (χ4v) is 4.35. The molecule has 2 N–H and O–H groups in total. The van der Waals surface area contributed by atoms with Gasteiger partial charge in [-0.25, -0.2) is 12.7 Å². The maximum absolute atomic E-state index is 12.6. The van der Waals surface area contributed by atoms with Crippen molar-refractivity contribution in [1.82, 2.24) is 14.1 Å². The average Bonchev–Trinajstić information content (AvgIpc) is 2.82. The Kier molecular flexibility index (Phi) is 4.58. The molecule has 3 heterocycles. The van der Waals surface area contributed by atoms with Crippen LogP contribution in [0.3, 0.4) is 0 Å². The number of fused-ring (bicyclic) bond motifs is 1. The van der Waals surface area contributed by atoms with Gasteiger partial charge in [-0.1, -0.05) is 6.92 Å². The minimum absolute atomic E-state index is 0.0279. The van der Waals surface area contributed by atoms with Gasteiger partial charge in [0.25, 0.3) is 0 Å². The molecule has 1 atom stereocenters. The predicted octanol–water partition coefficient (Wildman–Crippen LogP) is 0.476. The number of hydrogen-bond donors (Lipinski definition) is 2. The van der Waals surface area contributed by atoms with Crippen molar-refractivity contribution in [2.24, 2.45) is 13.0 Å². The van der Waals surface area contributed by atoms with Gasteiger partial charge >= 0.3 is 0 Å². The summed E-state index contributed by atoms with van der Waals surface area (Å²) in [6.45, 7) is 2.63. The van der Waals surface area contributed by atoms with Gasteiger partial charge in [0, 0.05) is 38.0 Å². The van der Waals surface area contributed by atoms with Crippen LogP contribution in [0.15, 0.2) is 0 Å². The summed E-state index contributed by atoms with van der Waals surface area (Å²) in [5.41, 5.74) is 0.837. The number of piperidine rings is 1. The number of sulfonamides is 1. The van der Waals surface area contributed by atoms with Gasteiger partial charge in [0.05, 0.1) is 6.26 Å². The van der Waals surface area contributed by atoms with E-state index in [1.165, 1.54) is 10.6 Å². The first-order valence-corrected chi connectivity index (χ1v) is 10.1. The third kappa shape index (κ3) is 3.54. The standard InChI is InChI=1S/C15H23N5O4S/c1-9-8-11(21)16-14-12(9)13(18-19(14)2)17-15(22)10-4-6-20(7-5-10)25(3,23)24/h9-10H,4-8H2,1-3H3,(H,16,21)(H,17,18,22)/t9-/m0/s1. The van der Waals surface area contributed by atoms with Gasteiger partial charge in [0.15, 0.2) is 5.82 Å². The Morgan fingerprint density at radius 3 is 2.56 bits per heavy atom. The molecule has 1 aromatic rings. The number of carbonyl (C=O) groups excluding carboxylic acids is 2. The second kappa shape index (κ2) is 6.41. The molecule has 9 nitrogen and oxygen atoms in total. The third-order valence-electron chi connectivity index (χ3n) is 4.86. The molecular weight excluding hydrogens is 346 g/mol. The Bertz CT molecular complexity index is 808. The molecule has 0 aromatic carbocycles. The van der Waals surface area contributed by atoms with Crippen LogP contribution in [-0.4, -0.2) is 53.7 Å². The van der Waals surface area contributed by atoms with Crippen molar-refractivity contribution in [3.8, 4) is 0 Å². The van der Waals surface area contributed by atoms with Gasteiger partial charge in [0.2, 0.25) is 21.8 Å². The predicted molar refractivity (Wildman–Crippen MR) is 92.6 cm³/mol. The van der Waals surface area contributed by atoms with Crippen LogP contribution in [-0.2, 0) is 26.7 Å². The number of nitrogens with zero attached hydrogens (tertiary/aromatic N) is 3. The molecule has 0 spiro atoms. The van der Waals surface area contributed by atoms with Crippen molar-refractivity contribution in [2.45, 2.75) is 32.1 Å². The molecule has 0 aliphatic carbocycles. The van der Waals surface area contributed by atoms with Crippen molar-refractivity contribution in [2.75, 3.05) is 30.0 Å². The van der Waals surface area contributed by atoms with E-state index < -0.39 is 10.0 Å². The van der Waals surface area contributed by atoms with Crippen molar-refractivity contribution in [3.05, 3.63) is 5.56 Å². The van der Waals surface area contributed by atoms with Crippen molar-refractivity contribution in [3.63, 3.8) is 0 Å². The smallest absolute Gasteiger partial charge is 0.228 e. The molecule has 10 heteroatoms. The van der Waals surface area contributed by atoms with Gasteiger partial charge in [-0.05, 0) is 18.8 Å². The second-order valence-corrected chi connectivity index (χ2v) is 8.80. The average molecular weight is 369 g/mol. The van der Waals surface area contributed by atoms with Crippen LogP contribution in [0.4, 0.5) is 11.6 Å². The quantitative estimate of drug-likeness (QED) is 0.804. The summed E-state index contributed by atoms with van der Waals surface area (Å²) in [7, 11) is -1.49. The number of carbonyl (C=O) groups is 2. The first-order chi connectivity index (χ1) is 11.7. The van der Waals surface area contributed by atoms with Crippen LogP contribution in [0.1, 0.15) is 37.7 Å². The maximum Gasteiger partial charge on any atom is 0.228 e. The number of hydrogen-bond acceptors (Lipinski definition) is 5. The third-order valence-corrected chi connectivity index (χ3v) is 6.16. The zero-order valence-electron chi connectivity index (χ0n) is 14.6. The van der Waals surface area contributed by atoms with E-state index >= 15 is 0 Å².